The number of sulfonamides is 1. The topological polar surface area (TPSA) is 97.6 Å². The molecule has 0 radical (unpaired) electrons. The quantitative estimate of drug-likeness (QED) is 0.794. The largest absolute Gasteiger partial charge is 0.360 e. The Balaban J connectivity index is 1.93. The normalized spacial score (nSPS) is 22.3. The van der Waals surface area contributed by atoms with Crippen LogP contribution in [0.25, 0.3) is 0 Å². The summed E-state index contributed by atoms with van der Waals surface area (Å²) in [6.45, 7) is 3.19. The third kappa shape index (κ3) is 3.03. The summed E-state index contributed by atoms with van der Waals surface area (Å²) in [4.78, 5) is 0.793. The van der Waals surface area contributed by atoms with E-state index in [4.69, 9.17) is 4.52 Å². The van der Waals surface area contributed by atoms with Gasteiger partial charge in [0.15, 0.2) is 15.6 Å². The number of thiophene rings is 1. The first kappa shape index (κ1) is 17.6. The molecular formula is C14H18N2O5S3. The van der Waals surface area contributed by atoms with Crippen molar-refractivity contribution in [1.82, 2.24) is 9.46 Å². The fraction of sp³-hybridized carbons (Fsp3) is 0.500. The zero-order valence-corrected chi connectivity index (χ0v) is 15.7. The number of rotatable bonds is 3. The molecule has 2 aromatic rings. The van der Waals surface area contributed by atoms with Gasteiger partial charge in [-0.1, -0.05) is 11.2 Å². The second kappa shape index (κ2) is 6.25. The van der Waals surface area contributed by atoms with Crippen LogP contribution in [0.4, 0.5) is 0 Å². The Bertz CT molecular complexity index is 910. The summed E-state index contributed by atoms with van der Waals surface area (Å²) in [5.41, 5.74) is 0.286. The number of sulfone groups is 1. The Labute approximate surface area is 145 Å². The number of aromatic nitrogens is 1. The van der Waals surface area contributed by atoms with Gasteiger partial charge in [0.25, 0.3) is 0 Å². The van der Waals surface area contributed by atoms with Crippen LogP contribution in [0, 0.1) is 13.8 Å². The molecule has 3 heterocycles. The Morgan fingerprint density at radius 2 is 2.08 bits per heavy atom. The van der Waals surface area contributed by atoms with Gasteiger partial charge in [0, 0.05) is 18.0 Å². The third-order valence-electron chi connectivity index (χ3n) is 4.13. The summed E-state index contributed by atoms with van der Waals surface area (Å²) in [6.07, 6.45) is 0.242. The van der Waals surface area contributed by atoms with Crippen LogP contribution in [0.1, 0.15) is 28.0 Å². The minimum Gasteiger partial charge on any atom is -0.360 e. The van der Waals surface area contributed by atoms with Crippen LogP contribution in [0.3, 0.4) is 0 Å². The molecule has 24 heavy (non-hydrogen) atoms. The molecule has 0 amide bonds. The molecule has 0 aliphatic carbocycles. The minimum absolute atomic E-state index is 0.0365. The van der Waals surface area contributed by atoms with Gasteiger partial charge in [-0.3, -0.25) is 0 Å². The fourth-order valence-corrected chi connectivity index (χ4v) is 7.80. The lowest BCUT2D eigenvalue weighted by Gasteiger charge is -2.19. The first-order valence-electron chi connectivity index (χ1n) is 7.41. The fourth-order valence-electron chi connectivity index (χ4n) is 2.93. The van der Waals surface area contributed by atoms with E-state index in [1.54, 1.807) is 19.1 Å². The minimum atomic E-state index is -3.83. The van der Waals surface area contributed by atoms with Crippen molar-refractivity contribution < 1.29 is 21.4 Å². The van der Waals surface area contributed by atoms with Crippen molar-refractivity contribution in [3.8, 4) is 0 Å². The van der Waals surface area contributed by atoms with Gasteiger partial charge in [-0.25, -0.2) is 16.8 Å². The van der Waals surface area contributed by atoms with Gasteiger partial charge < -0.3 is 4.52 Å². The molecule has 0 N–H and O–H groups in total. The molecule has 0 spiro atoms. The average molecular weight is 391 g/mol. The number of hydrogen-bond donors (Lipinski definition) is 0. The molecule has 0 aromatic carbocycles. The number of aryl methyl sites for hydroxylation is 2. The van der Waals surface area contributed by atoms with E-state index in [9.17, 15) is 16.8 Å². The van der Waals surface area contributed by atoms with Crippen molar-refractivity contribution >= 4 is 31.2 Å². The van der Waals surface area contributed by atoms with Crippen molar-refractivity contribution in [2.24, 2.45) is 0 Å². The molecule has 0 saturated carbocycles. The summed E-state index contributed by atoms with van der Waals surface area (Å²) in [5, 5.41) is 4.86. The zero-order chi connectivity index (χ0) is 17.5. The monoisotopic (exact) mass is 390 g/mol. The van der Waals surface area contributed by atoms with Crippen LogP contribution >= 0.6 is 11.3 Å². The Hall–Kier alpha value is -1.23. The van der Waals surface area contributed by atoms with E-state index in [2.05, 4.69) is 5.16 Å². The van der Waals surface area contributed by atoms with Gasteiger partial charge in [-0.15, -0.1) is 11.3 Å². The predicted molar refractivity (Wildman–Crippen MR) is 90.2 cm³/mol. The highest BCUT2D eigenvalue weighted by atomic mass is 32.2. The molecule has 1 saturated heterocycles. The van der Waals surface area contributed by atoms with Crippen molar-refractivity contribution in [2.75, 3.05) is 18.8 Å². The number of nitrogens with zero attached hydrogens (tertiary/aromatic N) is 2. The SMILES string of the molecule is Cc1noc(C)c1S(=O)(=O)N1CCC(c2cccs2)S(=O)(=O)CC1. The molecule has 1 fully saturated rings. The van der Waals surface area contributed by atoms with E-state index in [1.165, 1.54) is 22.6 Å². The van der Waals surface area contributed by atoms with Gasteiger partial charge in [0.1, 0.15) is 10.6 Å². The molecule has 7 nitrogen and oxygen atoms in total. The first-order chi connectivity index (χ1) is 11.2. The van der Waals surface area contributed by atoms with Crippen LogP contribution < -0.4 is 0 Å². The molecule has 1 atom stereocenters. The van der Waals surface area contributed by atoms with E-state index in [1.807, 2.05) is 5.38 Å². The lowest BCUT2D eigenvalue weighted by molar-refractivity contribution is 0.388. The van der Waals surface area contributed by atoms with Gasteiger partial charge in [-0.05, 0) is 31.7 Å². The molecular weight excluding hydrogens is 372 g/mol. The lowest BCUT2D eigenvalue weighted by Crippen LogP contribution is -2.34. The van der Waals surface area contributed by atoms with E-state index in [0.29, 0.717) is 0 Å². The van der Waals surface area contributed by atoms with Crippen molar-refractivity contribution in [2.45, 2.75) is 30.4 Å². The molecule has 1 unspecified atom stereocenters. The second-order valence-corrected chi connectivity index (χ2v) is 10.9. The summed E-state index contributed by atoms with van der Waals surface area (Å²) < 4.78 is 57.0. The summed E-state index contributed by atoms with van der Waals surface area (Å²) in [6, 6.07) is 3.59. The predicted octanol–water partition coefficient (Wildman–Crippen LogP) is 1.90. The molecule has 0 bridgehead atoms. The highest BCUT2D eigenvalue weighted by molar-refractivity contribution is 7.92. The highest BCUT2D eigenvalue weighted by Crippen LogP contribution is 2.34. The molecule has 1 aliphatic rings. The van der Waals surface area contributed by atoms with Crippen molar-refractivity contribution in [3.05, 3.63) is 33.8 Å². The molecule has 132 valence electrons. The van der Waals surface area contributed by atoms with Crippen molar-refractivity contribution in [1.29, 1.82) is 0 Å². The number of hydrogen-bond acceptors (Lipinski definition) is 7. The molecule has 2 aromatic heterocycles. The van der Waals surface area contributed by atoms with E-state index >= 15 is 0 Å². The van der Waals surface area contributed by atoms with E-state index in [0.717, 1.165) is 4.88 Å². The summed E-state index contributed by atoms with van der Waals surface area (Å²) >= 11 is 1.38. The Morgan fingerprint density at radius 1 is 1.33 bits per heavy atom. The highest BCUT2D eigenvalue weighted by Gasteiger charge is 2.38. The van der Waals surface area contributed by atoms with Crippen LogP contribution in [-0.2, 0) is 19.9 Å². The smallest absolute Gasteiger partial charge is 0.248 e. The van der Waals surface area contributed by atoms with Crippen LogP contribution in [0.15, 0.2) is 26.9 Å². The van der Waals surface area contributed by atoms with E-state index in [-0.39, 0.29) is 41.6 Å². The Kier molecular flexibility index (Phi) is 4.58. The van der Waals surface area contributed by atoms with Gasteiger partial charge in [0.05, 0.1) is 11.0 Å². The first-order valence-corrected chi connectivity index (χ1v) is 11.4. The average Bonchev–Trinajstić information content (AvgIpc) is 3.08. The van der Waals surface area contributed by atoms with Gasteiger partial charge in [-0.2, -0.15) is 4.31 Å². The standard InChI is InChI=1S/C14H18N2O5S3/c1-10-14(11(2)21-15-10)24(19,20)16-6-5-13(12-4-3-8-22-12)23(17,18)9-7-16/h3-4,8,13H,5-7,9H2,1-2H3. The molecule has 10 heteroatoms. The van der Waals surface area contributed by atoms with Crippen LogP contribution in [0.5, 0.6) is 0 Å². The maximum absolute atomic E-state index is 12.9. The van der Waals surface area contributed by atoms with Crippen LogP contribution in [0.2, 0.25) is 0 Å². The van der Waals surface area contributed by atoms with Gasteiger partial charge in [0.2, 0.25) is 10.0 Å². The maximum atomic E-state index is 12.9. The third-order valence-corrected chi connectivity index (χ3v) is 9.51. The lowest BCUT2D eigenvalue weighted by atomic mass is 10.2. The second-order valence-electron chi connectivity index (χ2n) is 5.72. The van der Waals surface area contributed by atoms with Gasteiger partial charge >= 0.3 is 0 Å². The van der Waals surface area contributed by atoms with Crippen molar-refractivity contribution in [3.63, 3.8) is 0 Å². The summed E-state index contributed by atoms with van der Waals surface area (Å²) in [7, 11) is -7.23. The molecule has 3 rings (SSSR count). The maximum Gasteiger partial charge on any atom is 0.248 e. The zero-order valence-electron chi connectivity index (χ0n) is 13.3. The van der Waals surface area contributed by atoms with Crippen LogP contribution in [-0.4, -0.2) is 45.1 Å². The summed E-state index contributed by atoms with van der Waals surface area (Å²) in [5.74, 6) is 0.0208. The van der Waals surface area contributed by atoms with E-state index < -0.39 is 25.1 Å². The molecule has 1 aliphatic heterocycles. The Morgan fingerprint density at radius 3 is 2.67 bits per heavy atom.